The average molecular weight is 333 g/mol. The minimum Gasteiger partial charge on any atom is -0.465 e. The van der Waals surface area contributed by atoms with Gasteiger partial charge in [0.05, 0.1) is 0 Å². The molecule has 0 saturated carbocycles. The van der Waals surface area contributed by atoms with Gasteiger partial charge in [0.2, 0.25) is 0 Å². The van der Waals surface area contributed by atoms with Crippen LogP contribution in [0.5, 0.6) is 0 Å². The molecular weight excluding hydrogens is 314 g/mol. The van der Waals surface area contributed by atoms with E-state index < -0.39 is 29.7 Å². The van der Waals surface area contributed by atoms with E-state index in [0.717, 1.165) is 20.5 Å². The Bertz CT molecular complexity index is 761. The molecule has 0 bridgehead atoms. The number of hydrogen-bond donors (Lipinski definition) is 1. The molecule has 6 heteroatoms. The molecule has 23 heavy (non-hydrogen) atoms. The van der Waals surface area contributed by atoms with Gasteiger partial charge in [0, 0.05) is 16.5 Å². The van der Waals surface area contributed by atoms with E-state index in [1.807, 2.05) is 50.4 Å². The van der Waals surface area contributed by atoms with Gasteiger partial charge in [0.15, 0.2) is 6.23 Å². The summed E-state index contributed by atoms with van der Waals surface area (Å²) in [5.74, 6) is -0.470. The maximum Gasteiger partial charge on any atom is 0.410 e. The molecule has 1 unspecified atom stereocenters. The quantitative estimate of drug-likeness (QED) is 0.851. The molecule has 1 aliphatic rings. The molecule has 1 aromatic heterocycles. The van der Waals surface area contributed by atoms with Crippen molar-refractivity contribution in [2.75, 3.05) is 0 Å². The molecule has 1 N–H and O–H groups in total. The second-order valence-electron chi connectivity index (χ2n) is 6.82. The lowest BCUT2D eigenvalue weighted by atomic mass is 9.93. The molecule has 2 aromatic rings. The van der Waals surface area contributed by atoms with E-state index in [1.54, 1.807) is 11.3 Å². The summed E-state index contributed by atoms with van der Waals surface area (Å²) in [7, 11) is 0. The zero-order valence-corrected chi connectivity index (χ0v) is 14.1. The molecular formula is C17H19NO4S. The maximum atomic E-state index is 12.3. The Morgan fingerprint density at radius 1 is 1.35 bits per heavy atom. The lowest BCUT2D eigenvalue weighted by molar-refractivity contribution is -0.147. The van der Waals surface area contributed by atoms with Crippen molar-refractivity contribution >= 4 is 33.5 Å². The van der Waals surface area contributed by atoms with E-state index in [1.165, 1.54) is 0 Å². The zero-order valence-electron chi connectivity index (χ0n) is 13.3. The van der Waals surface area contributed by atoms with Crippen molar-refractivity contribution in [3.8, 4) is 0 Å². The molecule has 3 rings (SSSR count). The highest BCUT2D eigenvalue weighted by molar-refractivity contribution is 7.17. The molecule has 1 aliphatic heterocycles. The van der Waals surface area contributed by atoms with Crippen molar-refractivity contribution in [3.05, 3.63) is 35.2 Å². The predicted molar refractivity (Wildman–Crippen MR) is 88.5 cm³/mol. The van der Waals surface area contributed by atoms with Crippen molar-refractivity contribution in [3.63, 3.8) is 0 Å². The number of cyclic esters (lactones) is 1. The number of esters is 1. The average Bonchev–Trinajstić information content (AvgIpc) is 3.02. The molecule has 2 atom stereocenters. The van der Waals surface area contributed by atoms with Crippen molar-refractivity contribution in [1.29, 1.82) is 0 Å². The Kier molecular flexibility index (Phi) is 3.80. The monoisotopic (exact) mass is 333 g/mol. The smallest absolute Gasteiger partial charge is 0.410 e. The molecule has 5 nitrogen and oxygen atoms in total. The van der Waals surface area contributed by atoms with Gasteiger partial charge >= 0.3 is 12.1 Å². The summed E-state index contributed by atoms with van der Waals surface area (Å²) >= 11 is 1.60. The van der Waals surface area contributed by atoms with Gasteiger partial charge in [-0.15, -0.1) is 11.3 Å². The lowest BCUT2D eigenvalue weighted by Crippen LogP contribution is -2.47. The van der Waals surface area contributed by atoms with Crippen molar-refractivity contribution in [2.24, 2.45) is 5.41 Å². The fourth-order valence-corrected chi connectivity index (χ4v) is 3.91. The second-order valence-corrected chi connectivity index (χ2v) is 7.73. The SMILES string of the molecule is CC(C)(C)C1OC(=O)[C@H](Cc2csc3ccccc23)N1C(=O)O. The number of carbonyl (C=O) groups excluding carboxylic acids is 1. The molecule has 1 fully saturated rings. The molecule has 0 spiro atoms. The Morgan fingerprint density at radius 2 is 2.04 bits per heavy atom. The molecule has 0 aliphatic carbocycles. The van der Waals surface area contributed by atoms with Gasteiger partial charge in [0.25, 0.3) is 0 Å². The van der Waals surface area contributed by atoms with Crippen LogP contribution >= 0.6 is 11.3 Å². The Balaban J connectivity index is 1.94. The largest absolute Gasteiger partial charge is 0.465 e. The zero-order chi connectivity index (χ0) is 16.8. The van der Waals surface area contributed by atoms with Crippen LogP contribution in [0.15, 0.2) is 29.6 Å². The van der Waals surface area contributed by atoms with Crippen LogP contribution in [0.3, 0.4) is 0 Å². The Morgan fingerprint density at radius 3 is 2.70 bits per heavy atom. The molecule has 1 amide bonds. The molecule has 1 aromatic carbocycles. The van der Waals surface area contributed by atoms with Crippen LogP contribution in [0, 0.1) is 5.41 Å². The summed E-state index contributed by atoms with van der Waals surface area (Å²) in [4.78, 5) is 25.1. The van der Waals surface area contributed by atoms with Crippen LogP contribution in [-0.2, 0) is 16.0 Å². The van der Waals surface area contributed by atoms with Crippen LogP contribution in [0.1, 0.15) is 26.3 Å². The molecule has 1 saturated heterocycles. The van der Waals surface area contributed by atoms with Crippen molar-refractivity contribution in [1.82, 2.24) is 4.90 Å². The number of benzene rings is 1. The van der Waals surface area contributed by atoms with Gasteiger partial charge < -0.3 is 9.84 Å². The van der Waals surface area contributed by atoms with Gasteiger partial charge in [-0.25, -0.2) is 9.59 Å². The van der Waals surface area contributed by atoms with E-state index in [2.05, 4.69) is 0 Å². The fraction of sp³-hybridized carbons (Fsp3) is 0.412. The third-order valence-corrected chi connectivity index (χ3v) is 5.04. The third kappa shape index (κ3) is 2.79. The number of hydrogen-bond acceptors (Lipinski definition) is 4. The highest BCUT2D eigenvalue weighted by atomic mass is 32.1. The number of carboxylic acid groups (broad SMARTS) is 1. The maximum absolute atomic E-state index is 12.3. The number of carbonyl (C=O) groups is 2. The molecule has 2 heterocycles. The summed E-state index contributed by atoms with van der Waals surface area (Å²) in [6, 6.07) is 7.12. The lowest BCUT2D eigenvalue weighted by Gasteiger charge is -2.32. The molecule has 122 valence electrons. The van der Waals surface area contributed by atoms with Crippen LogP contribution < -0.4 is 0 Å². The summed E-state index contributed by atoms with van der Waals surface area (Å²) in [6.45, 7) is 5.59. The van der Waals surface area contributed by atoms with Gasteiger partial charge in [-0.3, -0.25) is 4.90 Å². The van der Waals surface area contributed by atoms with Gasteiger partial charge in [-0.1, -0.05) is 39.0 Å². The van der Waals surface area contributed by atoms with Gasteiger partial charge in [-0.05, 0) is 22.4 Å². The summed E-state index contributed by atoms with van der Waals surface area (Å²) in [6.07, 6.45) is -1.55. The Labute approximate surface area is 138 Å². The minimum atomic E-state index is -1.12. The third-order valence-electron chi connectivity index (χ3n) is 4.02. The summed E-state index contributed by atoms with van der Waals surface area (Å²) in [5, 5.41) is 12.6. The number of fused-ring (bicyclic) bond motifs is 1. The number of ether oxygens (including phenoxy) is 1. The first kappa shape index (κ1) is 15.8. The van der Waals surface area contributed by atoms with E-state index in [4.69, 9.17) is 4.74 Å². The van der Waals surface area contributed by atoms with Crippen LogP contribution in [-0.4, -0.2) is 34.3 Å². The number of thiophene rings is 1. The van der Waals surface area contributed by atoms with Crippen molar-refractivity contribution in [2.45, 2.75) is 39.5 Å². The van der Waals surface area contributed by atoms with Crippen LogP contribution in [0.4, 0.5) is 4.79 Å². The second kappa shape index (κ2) is 5.53. The normalized spacial score (nSPS) is 21.7. The van der Waals surface area contributed by atoms with E-state index in [0.29, 0.717) is 6.42 Å². The molecule has 0 radical (unpaired) electrons. The van der Waals surface area contributed by atoms with Gasteiger partial charge in [-0.2, -0.15) is 0 Å². The van der Waals surface area contributed by atoms with Gasteiger partial charge in [0.1, 0.15) is 6.04 Å². The van der Waals surface area contributed by atoms with Crippen LogP contribution in [0.2, 0.25) is 0 Å². The number of amides is 1. The van der Waals surface area contributed by atoms with E-state index >= 15 is 0 Å². The summed E-state index contributed by atoms with van der Waals surface area (Å²) in [5.41, 5.74) is 0.507. The first-order valence-corrected chi connectivity index (χ1v) is 8.34. The highest BCUT2D eigenvalue weighted by Crippen LogP contribution is 2.35. The van der Waals surface area contributed by atoms with Crippen LogP contribution in [0.25, 0.3) is 10.1 Å². The topological polar surface area (TPSA) is 66.8 Å². The standard InChI is InChI=1S/C17H19NO4S/c1-17(2,3)15-18(16(20)21)12(14(19)22-15)8-10-9-23-13-7-5-4-6-11(10)13/h4-7,9,12,15H,8H2,1-3H3,(H,20,21)/t12-,15?/m0/s1. The summed E-state index contributed by atoms with van der Waals surface area (Å²) < 4.78 is 6.51. The number of rotatable bonds is 2. The van der Waals surface area contributed by atoms with Crippen molar-refractivity contribution < 1.29 is 19.4 Å². The minimum absolute atomic E-state index is 0.335. The first-order chi connectivity index (χ1) is 10.8. The first-order valence-electron chi connectivity index (χ1n) is 7.46. The number of nitrogens with zero attached hydrogens (tertiary/aromatic N) is 1. The van der Waals surface area contributed by atoms with E-state index in [9.17, 15) is 14.7 Å². The fourth-order valence-electron chi connectivity index (χ4n) is 2.93. The Hall–Kier alpha value is -2.08. The van der Waals surface area contributed by atoms with E-state index in [-0.39, 0.29) is 0 Å². The highest BCUT2D eigenvalue weighted by Gasteiger charge is 2.50. The predicted octanol–water partition coefficient (Wildman–Crippen LogP) is 3.72.